The predicted octanol–water partition coefficient (Wildman–Crippen LogP) is 0.337. The molecule has 4 N–H and O–H groups in total. The van der Waals surface area contributed by atoms with E-state index in [0.29, 0.717) is 19.3 Å². The first-order valence-electron chi connectivity index (χ1n) is 6.40. The second-order valence-electron chi connectivity index (χ2n) is 4.74. The monoisotopic (exact) mass is 264 g/mol. The molecule has 0 radical (unpaired) electrons. The highest BCUT2D eigenvalue weighted by molar-refractivity contribution is 7.90. The first-order valence-corrected chi connectivity index (χ1v) is 7.95. The van der Waals surface area contributed by atoms with E-state index in [1.807, 2.05) is 0 Å². The van der Waals surface area contributed by atoms with E-state index in [-0.39, 0.29) is 12.6 Å². The van der Waals surface area contributed by atoms with E-state index in [2.05, 4.69) is 4.72 Å². The molecule has 0 aliphatic heterocycles. The van der Waals surface area contributed by atoms with Crippen LogP contribution in [0, 0.1) is 0 Å². The molecule has 3 atom stereocenters. The van der Waals surface area contributed by atoms with Crippen molar-refractivity contribution >= 4 is 10.0 Å². The lowest BCUT2D eigenvalue weighted by Gasteiger charge is -2.24. The highest BCUT2D eigenvalue weighted by Gasteiger charge is 2.29. The minimum Gasteiger partial charge on any atom is -0.391 e. The van der Waals surface area contributed by atoms with Crippen LogP contribution in [0.2, 0.25) is 0 Å². The normalized spacial score (nSPS) is 28.6. The van der Waals surface area contributed by atoms with Crippen molar-refractivity contribution in [3.63, 3.8) is 0 Å². The Labute approximate surface area is 104 Å². The summed E-state index contributed by atoms with van der Waals surface area (Å²) < 4.78 is 26.7. The average molecular weight is 264 g/mol. The summed E-state index contributed by atoms with van der Waals surface area (Å²) in [6.07, 6.45) is 4.30. The second-order valence-corrected chi connectivity index (χ2v) is 6.73. The van der Waals surface area contributed by atoms with E-state index < -0.39 is 21.4 Å². The Hall–Kier alpha value is -0.170. The van der Waals surface area contributed by atoms with E-state index in [4.69, 9.17) is 5.73 Å². The molecule has 5 nitrogen and oxygen atoms in total. The summed E-state index contributed by atoms with van der Waals surface area (Å²) in [5.41, 5.74) is 5.46. The van der Waals surface area contributed by atoms with Gasteiger partial charge in [0.15, 0.2) is 0 Å². The molecule has 0 saturated heterocycles. The molecular weight excluding hydrogens is 240 g/mol. The van der Waals surface area contributed by atoms with Crippen molar-refractivity contribution in [2.24, 2.45) is 5.73 Å². The average Bonchev–Trinajstić information content (AvgIpc) is 2.45. The molecular formula is C11H24N2O3S. The SMILES string of the molecule is CCC(CN)S(=O)(=O)NC1CCCCCC1O. The van der Waals surface area contributed by atoms with Crippen LogP contribution in [0.3, 0.4) is 0 Å². The van der Waals surface area contributed by atoms with Crippen molar-refractivity contribution in [1.82, 2.24) is 4.72 Å². The number of hydrogen-bond acceptors (Lipinski definition) is 4. The maximum atomic E-state index is 12.0. The van der Waals surface area contributed by atoms with E-state index in [1.54, 1.807) is 6.92 Å². The summed E-state index contributed by atoms with van der Waals surface area (Å²) in [5.74, 6) is 0. The van der Waals surface area contributed by atoms with Gasteiger partial charge in [-0.2, -0.15) is 0 Å². The molecule has 0 aromatic carbocycles. The van der Waals surface area contributed by atoms with Crippen LogP contribution in [0.15, 0.2) is 0 Å². The summed E-state index contributed by atoms with van der Waals surface area (Å²) in [5, 5.41) is 9.32. The fraction of sp³-hybridized carbons (Fsp3) is 1.00. The molecule has 17 heavy (non-hydrogen) atoms. The van der Waals surface area contributed by atoms with Gasteiger partial charge in [-0.3, -0.25) is 0 Å². The van der Waals surface area contributed by atoms with Gasteiger partial charge in [-0.05, 0) is 19.3 Å². The number of nitrogens with two attached hydrogens (primary N) is 1. The Morgan fingerprint density at radius 3 is 2.59 bits per heavy atom. The van der Waals surface area contributed by atoms with Gasteiger partial charge >= 0.3 is 0 Å². The minimum atomic E-state index is -3.41. The molecule has 0 amide bonds. The molecule has 1 saturated carbocycles. The van der Waals surface area contributed by atoms with Gasteiger partial charge in [-0.1, -0.05) is 26.2 Å². The number of hydrogen-bond donors (Lipinski definition) is 3. The Balaban J connectivity index is 2.67. The summed E-state index contributed by atoms with van der Waals surface area (Å²) in [6.45, 7) is 1.93. The fourth-order valence-electron chi connectivity index (χ4n) is 2.25. The topological polar surface area (TPSA) is 92.4 Å². The standard InChI is InChI=1S/C11H24N2O3S/c1-2-9(8-12)17(15,16)13-10-6-4-3-5-7-11(10)14/h9-11,13-14H,2-8,12H2,1H3. The van der Waals surface area contributed by atoms with Crippen LogP contribution in [-0.4, -0.2) is 37.5 Å². The lowest BCUT2D eigenvalue weighted by atomic mass is 10.1. The lowest BCUT2D eigenvalue weighted by molar-refractivity contribution is 0.130. The first kappa shape index (κ1) is 14.9. The fourth-order valence-corrected chi connectivity index (χ4v) is 3.83. The Morgan fingerprint density at radius 1 is 1.35 bits per heavy atom. The number of rotatable bonds is 5. The molecule has 1 rings (SSSR count). The molecule has 1 fully saturated rings. The van der Waals surface area contributed by atoms with Gasteiger partial charge in [0, 0.05) is 12.6 Å². The smallest absolute Gasteiger partial charge is 0.216 e. The zero-order valence-corrected chi connectivity index (χ0v) is 11.2. The summed E-state index contributed by atoms with van der Waals surface area (Å²) in [6, 6.07) is -0.344. The third-order valence-corrected chi connectivity index (χ3v) is 5.49. The lowest BCUT2D eigenvalue weighted by Crippen LogP contribution is -2.48. The minimum absolute atomic E-state index is 0.120. The highest BCUT2D eigenvalue weighted by atomic mass is 32.2. The van der Waals surface area contributed by atoms with Crippen molar-refractivity contribution in [3.8, 4) is 0 Å². The first-order chi connectivity index (χ1) is 8.01. The molecule has 0 spiro atoms. The van der Waals surface area contributed by atoms with Crippen molar-refractivity contribution in [2.75, 3.05) is 6.54 Å². The molecule has 0 heterocycles. The van der Waals surface area contributed by atoms with Crippen LogP contribution >= 0.6 is 0 Å². The van der Waals surface area contributed by atoms with Gasteiger partial charge in [-0.15, -0.1) is 0 Å². The van der Waals surface area contributed by atoms with Gasteiger partial charge in [0.1, 0.15) is 0 Å². The molecule has 102 valence electrons. The van der Waals surface area contributed by atoms with Gasteiger partial charge in [-0.25, -0.2) is 13.1 Å². The largest absolute Gasteiger partial charge is 0.391 e. The maximum absolute atomic E-state index is 12.0. The van der Waals surface area contributed by atoms with E-state index in [9.17, 15) is 13.5 Å². The molecule has 1 aliphatic rings. The van der Waals surface area contributed by atoms with Gasteiger partial charge in [0.25, 0.3) is 0 Å². The van der Waals surface area contributed by atoms with Gasteiger partial charge < -0.3 is 10.8 Å². The third-order valence-electron chi connectivity index (χ3n) is 3.45. The van der Waals surface area contributed by atoms with E-state index in [0.717, 1.165) is 19.3 Å². The van der Waals surface area contributed by atoms with Gasteiger partial charge in [0.05, 0.1) is 11.4 Å². The molecule has 0 aromatic rings. The van der Waals surface area contributed by atoms with E-state index >= 15 is 0 Å². The third kappa shape index (κ3) is 4.21. The highest BCUT2D eigenvalue weighted by Crippen LogP contribution is 2.19. The van der Waals surface area contributed by atoms with Crippen LogP contribution < -0.4 is 10.5 Å². The number of aliphatic hydroxyl groups is 1. The summed E-state index contributed by atoms with van der Waals surface area (Å²) in [4.78, 5) is 0. The molecule has 3 unspecified atom stereocenters. The molecule has 0 aromatic heterocycles. The Kier molecular flexibility index (Phi) is 5.85. The van der Waals surface area contributed by atoms with Crippen LogP contribution in [0.4, 0.5) is 0 Å². The maximum Gasteiger partial charge on any atom is 0.216 e. The zero-order valence-electron chi connectivity index (χ0n) is 10.4. The van der Waals surface area contributed by atoms with Crippen LogP contribution in [-0.2, 0) is 10.0 Å². The second kappa shape index (κ2) is 6.68. The number of nitrogens with one attached hydrogen (secondary N) is 1. The quantitative estimate of drug-likeness (QED) is 0.624. The van der Waals surface area contributed by atoms with Crippen LogP contribution in [0.5, 0.6) is 0 Å². The number of aliphatic hydroxyl groups excluding tert-OH is 1. The van der Waals surface area contributed by atoms with Crippen LogP contribution in [0.1, 0.15) is 45.4 Å². The Bertz CT molecular complexity index is 315. The van der Waals surface area contributed by atoms with Crippen molar-refractivity contribution in [2.45, 2.75) is 62.8 Å². The van der Waals surface area contributed by atoms with Crippen molar-refractivity contribution in [1.29, 1.82) is 0 Å². The van der Waals surface area contributed by atoms with E-state index in [1.165, 1.54) is 0 Å². The molecule has 0 bridgehead atoms. The van der Waals surface area contributed by atoms with Crippen LogP contribution in [0.25, 0.3) is 0 Å². The van der Waals surface area contributed by atoms with Crippen molar-refractivity contribution in [3.05, 3.63) is 0 Å². The van der Waals surface area contributed by atoms with Crippen molar-refractivity contribution < 1.29 is 13.5 Å². The van der Waals surface area contributed by atoms with Gasteiger partial charge in [0.2, 0.25) is 10.0 Å². The predicted molar refractivity (Wildman–Crippen MR) is 68.1 cm³/mol. The summed E-state index contributed by atoms with van der Waals surface area (Å²) in [7, 11) is -3.41. The number of sulfonamides is 1. The summed E-state index contributed by atoms with van der Waals surface area (Å²) >= 11 is 0. The zero-order chi connectivity index (χ0) is 12.9. The Morgan fingerprint density at radius 2 is 2.00 bits per heavy atom. The molecule has 6 heteroatoms. The molecule has 1 aliphatic carbocycles.